The normalized spacial score (nSPS) is 18.3. The van der Waals surface area contributed by atoms with E-state index in [1.165, 1.54) is 0 Å². The minimum atomic E-state index is -0.246. The van der Waals surface area contributed by atoms with Crippen LogP contribution in [0, 0.1) is 5.41 Å². The number of pyridine rings is 1. The van der Waals surface area contributed by atoms with E-state index in [2.05, 4.69) is 10.3 Å². The minimum absolute atomic E-state index is 0.0374. The van der Waals surface area contributed by atoms with Crippen LogP contribution in [0.1, 0.15) is 32.6 Å². The van der Waals surface area contributed by atoms with Gasteiger partial charge >= 0.3 is 0 Å². The molecule has 16 heavy (non-hydrogen) atoms. The molecular formula is C12H17N3O. The maximum atomic E-state index is 12.1. The Morgan fingerprint density at radius 3 is 2.81 bits per heavy atom. The Bertz CT molecular complexity index is 397. The summed E-state index contributed by atoms with van der Waals surface area (Å²) in [7, 11) is 0. The van der Waals surface area contributed by atoms with Crippen molar-refractivity contribution < 1.29 is 4.79 Å². The average molecular weight is 219 g/mol. The van der Waals surface area contributed by atoms with Crippen LogP contribution in [0.2, 0.25) is 0 Å². The van der Waals surface area contributed by atoms with Crippen LogP contribution in [0.25, 0.3) is 0 Å². The van der Waals surface area contributed by atoms with Crippen LogP contribution in [-0.2, 0) is 4.79 Å². The van der Waals surface area contributed by atoms with Gasteiger partial charge < -0.3 is 11.1 Å². The molecule has 0 atom stereocenters. The first kappa shape index (κ1) is 10.9. The number of carbonyl (C=O) groups is 1. The highest BCUT2D eigenvalue weighted by molar-refractivity contribution is 5.96. The Morgan fingerprint density at radius 2 is 2.19 bits per heavy atom. The first-order chi connectivity index (χ1) is 7.62. The summed E-state index contributed by atoms with van der Waals surface area (Å²) in [6.07, 6.45) is 5.78. The Labute approximate surface area is 95.3 Å². The van der Waals surface area contributed by atoms with Gasteiger partial charge in [-0.1, -0.05) is 19.8 Å². The van der Waals surface area contributed by atoms with Crippen LogP contribution in [-0.4, -0.2) is 10.9 Å². The van der Waals surface area contributed by atoms with E-state index in [1.807, 2.05) is 6.92 Å². The second kappa shape index (κ2) is 4.12. The Hall–Kier alpha value is -1.58. The van der Waals surface area contributed by atoms with Crippen molar-refractivity contribution in [1.82, 2.24) is 4.98 Å². The highest BCUT2D eigenvalue weighted by atomic mass is 16.2. The third-order valence-electron chi connectivity index (χ3n) is 3.33. The van der Waals surface area contributed by atoms with Crippen LogP contribution in [0.4, 0.5) is 11.5 Å². The highest BCUT2D eigenvalue weighted by Crippen LogP contribution is 2.38. The number of nitrogens with zero attached hydrogens (tertiary/aromatic N) is 1. The zero-order valence-electron chi connectivity index (χ0n) is 9.49. The summed E-state index contributed by atoms with van der Waals surface area (Å²) >= 11 is 0. The Kier molecular flexibility index (Phi) is 2.81. The van der Waals surface area contributed by atoms with E-state index in [0.29, 0.717) is 11.5 Å². The Balaban J connectivity index is 2.10. The molecule has 1 aliphatic rings. The molecule has 4 nitrogen and oxygen atoms in total. The molecule has 86 valence electrons. The fraction of sp³-hybridized carbons (Fsp3) is 0.500. The summed E-state index contributed by atoms with van der Waals surface area (Å²) in [5.74, 6) is 0.510. The van der Waals surface area contributed by atoms with Crippen molar-refractivity contribution >= 4 is 17.4 Å². The number of hydrogen-bond acceptors (Lipinski definition) is 3. The molecule has 0 bridgehead atoms. The van der Waals surface area contributed by atoms with Crippen LogP contribution >= 0.6 is 0 Å². The number of anilines is 2. The fourth-order valence-electron chi connectivity index (χ4n) is 2.16. The van der Waals surface area contributed by atoms with Gasteiger partial charge in [-0.2, -0.15) is 0 Å². The second-order valence-corrected chi connectivity index (χ2v) is 4.66. The molecule has 1 saturated carbocycles. The van der Waals surface area contributed by atoms with Crippen LogP contribution in [0.15, 0.2) is 18.3 Å². The van der Waals surface area contributed by atoms with Crippen molar-refractivity contribution in [3.05, 3.63) is 18.3 Å². The molecule has 0 spiro atoms. The average Bonchev–Trinajstić information content (AvgIpc) is 2.70. The maximum Gasteiger partial charge on any atom is 0.231 e. The lowest BCUT2D eigenvalue weighted by Gasteiger charge is -2.22. The van der Waals surface area contributed by atoms with Crippen molar-refractivity contribution in [3.63, 3.8) is 0 Å². The number of nitrogens with two attached hydrogens (primary N) is 1. The number of hydrogen-bond donors (Lipinski definition) is 2. The summed E-state index contributed by atoms with van der Waals surface area (Å²) in [6, 6.07) is 3.49. The first-order valence-electron chi connectivity index (χ1n) is 5.64. The van der Waals surface area contributed by atoms with Crippen molar-refractivity contribution in [2.45, 2.75) is 32.6 Å². The zero-order valence-corrected chi connectivity index (χ0v) is 9.49. The van der Waals surface area contributed by atoms with E-state index in [4.69, 9.17) is 5.73 Å². The lowest BCUT2D eigenvalue weighted by atomic mass is 9.88. The Morgan fingerprint density at radius 1 is 1.50 bits per heavy atom. The van der Waals surface area contributed by atoms with Gasteiger partial charge in [0.25, 0.3) is 0 Å². The SMILES string of the molecule is CC1(C(=O)Nc2ncccc2N)CCCC1. The molecule has 1 amide bonds. The molecule has 0 saturated heterocycles. The van der Waals surface area contributed by atoms with E-state index < -0.39 is 0 Å². The number of carbonyl (C=O) groups excluding carboxylic acids is 1. The highest BCUT2D eigenvalue weighted by Gasteiger charge is 2.36. The summed E-state index contributed by atoms with van der Waals surface area (Å²) in [4.78, 5) is 16.1. The quantitative estimate of drug-likeness (QED) is 0.801. The topological polar surface area (TPSA) is 68.0 Å². The molecule has 4 heteroatoms. The molecule has 1 aromatic heterocycles. The molecule has 0 unspecified atom stereocenters. The maximum absolute atomic E-state index is 12.1. The van der Waals surface area contributed by atoms with Gasteiger partial charge in [-0.25, -0.2) is 4.98 Å². The summed E-state index contributed by atoms with van der Waals surface area (Å²) in [5, 5.41) is 2.82. The number of aromatic nitrogens is 1. The van der Waals surface area contributed by atoms with Gasteiger partial charge in [0.15, 0.2) is 5.82 Å². The van der Waals surface area contributed by atoms with Gasteiger partial charge in [0.05, 0.1) is 5.69 Å². The van der Waals surface area contributed by atoms with E-state index in [0.717, 1.165) is 25.7 Å². The number of rotatable bonds is 2. The number of nitrogens with one attached hydrogen (secondary N) is 1. The minimum Gasteiger partial charge on any atom is -0.396 e. The molecule has 3 N–H and O–H groups in total. The van der Waals surface area contributed by atoms with Gasteiger partial charge in [-0.05, 0) is 25.0 Å². The van der Waals surface area contributed by atoms with Gasteiger partial charge in [-0.3, -0.25) is 4.79 Å². The summed E-state index contributed by atoms with van der Waals surface area (Å²) < 4.78 is 0. The van der Waals surface area contributed by atoms with Gasteiger partial charge in [0, 0.05) is 11.6 Å². The molecule has 1 fully saturated rings. The first-order valence-corrected chi connectivity index (χ1v) is 5.64. The molecule has 2 rings (SSSR count). The monoisotopic (exact) mass is 219 g/mol. The third kappa shape index (κ3) is 2.01. The molecule has 1 aromatic rings. The fourth-order valence-corrected chi connectivity index (χ4v) is 2.16. The van der Waals surface area contributed by atoms with Crippen molar-refractivity contribution in [2.75, 3.05) is 11.1 Å². The zero-order chi connectivity index (χ0) is 11.6. The van der Waals surface area contributed by atoms with Gasteiger partial charge in [0.2, 0.25) is 5.91 Å². The molecular weight excluding hydrogens is 202 g/mol. The molecule has 0 aromatic carbocycles. The van der Waals surface area contributed by atoms with E-state index >= 15 is 0 Å². The van der Waals surface area contributed by atoms with Crippen molar-refractivity contribution in [2.24, 2.45) is 5.41 Å². The lowest BCUT2D eigenvalue weighted by Crippen LogP contribution is -2.31. The predicted molar refractivity (Wildman–Crippen MR) is 63.9 cm³/mol. The van der Waals surface area contributed by atoms with Crippen LogP contribution in [0.5, 0.6) is 0 Å². The lowest BCUT2D eigenvalue weighted by molar-refractivity contribution is -0.124. The third-order valence-corrected chi connectivity index (χ3v) is 3.33. The van der Waals surface area contributed by atoms with Crippen LogP contribution < -0.4 is 11.1 Å². The predicted octanol–water partition coefficient (Wildman–Crippen LogP) is 2.18. The molecule has 1 heterocycles. The molecule has 0 radical (unpaired) electrons. The van der Waals surface area contributed by atoms with Crippen LogP contribution in [0.3, 0.4) is 0 Å². The molecule has 1 aliphatic carbocycles. The largest absolute Gasteiger partial charge is 0.396 e. The van der Waals surface area contributed by atoms with E-state index in [1.54, 1.807) is 18.3 Å². The van der Waals surface area contributed by atoms with Crippen molar-refractivity contribution in [3.8, 4) is 0 Å². The summed E-state index contributed by atoms with van der Waals surface area (Å²) in [6.45, 7) is 2.01. The standard InChI is InChI=1S/C12H17N3O/c1-12(6-2-3-7-12)11(16)15-10-9(13)5-4-8-14-10/h4-5,8H,2-3,6-7,13H2,1H3,(H,14,15,16). The molecule has 0 aliphatic heterocycles. The smallest absolute Gasteiger partial charge is 0.231 e. The number of nitrogen functional groups attached to an aromatic ring is 1. The van der Waals surface area contributed by atoms with Gasteiger partial charge in [0.1, 0.15) is 0 Å². The van der Waals surface area contributed by atoms with E-state index in [-0.39, 0.29) is 11.3 Å². The van der Waals surface area contributed by atoms with E-state index in [9.17, 15) is 4.79 Å². The van der Waals surface area contributed by atoms with Gasteiger partial charge in [-0.15, -0.1) is 0 Å². The summed E-state index contributed by atoms with van der Waals surface area (Å²) in [5.41, 5.74) is 6.00. The van der Waals surface area contributed by atoms with Crippen molar-refractivity contribution in [1.29, 1.82) is 0 Å². The number of amides is 1. The second-order valence-electron chi connectivity index (χ2n) is 4.66.